The predicted octanol–water partition coefficient (Wildman–Crippen LogP) is 0.987. The second-order valence-electron chi connectivity index (χ2n) is 5.82. The van der Waals surface area contributed by atoms with Gasteiger partial charge in [0.25, 0.3) is 0 Å². The molecular formula is C13H22N2O4S2. The quantitative estimate of drug-likeness (QED) is 0.781. The lowest BCUT2D eigenvalue weighted by atomic mass is 10.1. The molecule has 8 heteroatoms. The summed E-state index contributed by atoms with van der Waals surface area (Å²) in [5, 5.41) is 0. The van der Waals surface area contributed by atoms with Crippen LogP contribution >= 0.6 is 0 Å². The van der Waals surface area contributed by atoms with Gasteiger partial charge >= 0.3 is 0 Å². The Balaban J connectivity index is 3.15. The molecule has 21 heavy (non-hydrogen) atoms. The topological polar surface area (TPSA) is 106 Å². The number of sulfone groups is 1. The summed E-state index contributed by atoms with van der Waals surface area (Å²) < 4.78 is 49.2. The van der Waals surface area contributed by atoms with Crippen LogP contribution in [0.1, 0.15) is 25.0 Å². The molecule has 0 saturated carbocycles. The van der Waals surface area contributed by atoms with E-state index >= 15 is 0 Å². The van der Waals surface area contributed by atoms with Crippen LogP contribution < -0.4 is 10.5 Å². The molecule has 0 atom stereocenters. The number of anilines is 1. The molecule has 0 radical (unpaired) electrons. The van der Waals surface area contributed by atoms with E-state index in [0.717, 1.165) is 11.8 Å². The Morgan fingerprint density at radius 3 is 2.14 bits per heavy atom. The molecule has 0 heterocycles. The first-order valence-electron chi connectivity index (χ1n) is 6.34. The Kier molecular flexibility index (Phi) is 4.77. The average Bonchev–Trinajstić information content (AvgIpc) is 2.30. The molecule has 0 amide bonds. The van der Waals surface area contributed by atoms with Crippen molar-refractivity contribution in [3.63, 3.8) is 0 Å². The van der Waals surface area contributed by atoms with Crippen LogP contribution in [0.4, 0.5) is 5.69 Å². The molecule has 0 fully saturated rings. The van der Waals surface area contributed by atoms with E-state index in [9.17, 15) is 16.8 Å². The zero-order chi connectivity index (χ0) is 16.6. The number of rotatable bonds is 5. The van der Waals surface area contributed by atoms with Crippen LogP contribution in [0.2, 0.25) is 0 Å². The summed E-state index contributed by atoms with van der Waals surface area (Å²) in [5.41, 5.74) is 7.39. The highest BCUT2D eigenvalue weighted by atomic mass is 32.2. The SMILES string of the molecule is Cc1cc(N)cc(S(=O)(=O)NCC(C)(C)S(C)(=O)=O)c1C. The third-order valence-corrected chi connectivity index (χ3v) is 7.30. The minimum atomic E-state index is -3.82. The van der Waals surface area contributed by atoms with E-state index in [-0.39, 0.29) is 11.4 Å². The lowest BCUT2D eigenvalue weighted by Gasteiger charge is -2.23. The lowest BCUT2D eigenvalue weighted by Crippen LogP contribution is -2.43. The van der Waals surface area contributed by atoms with Crippen LogP contribution in [-0.4, -0.2) is 34.4 Å². The van der Waals surface area contributed by atoms with Gasteiger partial charge in [-0.25, -0.2) is 21.6 Å². The summed E-state index contributed by atoms with van der Waals surface area (Å²) in [5.74, 6) is 0. The van der Waals surface area contributed by atoms with Gasteiger partial charge < -0.3 is 5.73 Å². The van der Waals surface area contributed by atoms with Crippen molar-refractivity contribution in [2.45, 2.75) is 37.3 Å². The number of hydrogen-bond acceptors (Lipinski definition) is 5. The second kappa shape index (κ2) is 5.58. The van der Waals surface area contributed by atoms with Gasteiger partial charge in [-0.15, -0.1) is 0 Å². The molecule has 3 N–H and O–H groups in total. The van der Waals surface area contributed by atoms with E-state index in [4.69, 9.17) is 5.73 Å². The third-order valence-electron chi connectivity index (χ3n) is 3.62. The van der Waals surface area contributed by atoms with Gasteiger partial charge in [-0.1, -0.05) is 0 Å². The van der Waals surface area contributed by atoms with Crippen molar-refractivity contribution < 1.29 is 16.8 Å². The van der Waals surface area contributed by atoms with Crippen LogP contribution in [0.25, 0.3) is 0 Å². The molecule has 0 bridgehead atoms. The molecule has 0 saturated heterocycles. The standard InChI is InChI=1S/C13H22N2O4S2/c1-9-6-11(14)7-12(10(9)2)21(18,19)15-8-13(3,4)20(5,16)17/h6-7,15H,8,14H2,1-5H3. The summed E-state index contributed by atoms with van der Waals surface area (Å²) >= 11 is 0. The Hall–Kier alpha value is -1.12. The zero-order valence-corrected chi connectivity index (χ0v) is 14.5. The Morgan fingerprint density at radius 1 is 1.14 bits per heavy atom. The van der Waals surface area contributed by atoms with Crippen molar-refractivity contribution in [3.05, 3.63) is 23.3 Å². The van der Waals surface area contributed by atoms with Gasteiger partial charge in [0.05, 0.1) is 9.64 Å². The third kappa shape index (κ3) is 3.96. The van der Waals surface area contributed by atoms with Crippen molar-refractivity contribution >= 4 is 25.5 Å². The molecule has 6 nitrogen and oxygen atoms in total. The monoisotopic (exact) mass is 334 g/mol. The largest absolute Gasteiger partial charge is 0.399 e. The molecule has 0 aromatic heterocycles. The maximum atomic E-state index is 12.4. The van der Waals surface area contributed by atoms with Gasteiger partial charge in [-0.3, -0.25) is 0 Å². The summed E-state index contributed by atoms with van der Waals surface area (Å²) in [7, 11) is -7.21. The molecule has 0 aliphatic carbocycles. The fourth-order valence-corrected chi connectivity index (χ4v) is 3.60. The summed E-state index contributed by atoms with van der Waals surface area (Å²) in [6.45, 7) is 6.20. The smallest absolute Gasteiger partial charge is 0.240 e. The molecular weight excluding hydrogens is 312 g/mol. The molecule has 0 aliphatic heterocycles. The molecule has 120 valence electrons. The molecule has 0 aliphatic rings. The summed E-state index contributed by atoms with van der Waals surface area (Å²) in [6.07, 6.45) is 1.08. The summed E-state index contributed by atoms with van der Waals surface area (Å²) in [6, 6.07) is 3.06. The number of benzene rings is 1. The van der Waals surface area contributed by atoms with Gasteiger partial charge in [0.2, 0.25) is 10.0 Å². The van der Waals surface area contributed by atoms with Crippen LogP contribution in [0.5, 0.6) is 0 Å². The van der Waals surface area contributed by atoms with E-state index in [1.807, 2.05) is 0 Å². The fraction of sp³-hybridized carbons (Fsp3) is 0.538. The Bertz CT molecular complexity index is 751. The van der Waals surface area contributed by atoms with Crippen LogP contribution in [0.3, 0.4) is 0 Å². The maximum Gasteiger partial charge on any atom is 0.240 e. The van der Waals surface area contributed by atoms with E-state index in [1.54, 1.807) is 19.9 Å². The number of nitrogens with one attached hydrogen (secondary N) is 1. The van der Waals surface area contributed by atoms with Crippen LogP contribution in [0, 0.1) is 13.8 Å². The number of nitrogen functional groups attached to an aromatic ring is 1. The fourth-order valence-electron chi connectivity index (χ4n) is 1.61. The minimum Gasteiger partial charge on any atom is -0.399 e. The van der Waals surface area contributed by atoms with Crippen molar-refractivity contribution in [2.24, 2.45) is 0 Å². The molecule has 1 rings (SSSR count). The van der Waals surface area contributed by atoms with E-state index in [0.29, 0.717) is 11.3 Å². The number of sulfonamides is 1. The maximum absolute atomic E-state index is 12.4. The van der Waals surface area contributed by atoms with Crippen molar-refractivity contribution in [1.82, 2.24) is 4.72 Å². The van der Waals surface area contributed by atoms with E-state index in [1.165, 1.54) is 19.9 Å². The van der Waals surface area contributed by atoms with Gasteiger partial charge in [-0.2, -0.15) is 0 Å². The first kappa shape index (κ1) is 17.9. The first-order valence-corrected chi connectivity index (χ1v) is 9.71. The second-order valence-corrected chi connectivity index (χ2v) is 10.2. The minimum absolute atomic E-state index is 0.0734. The summed E-state index contributed by atoms with van der Waals surface area (Å²) in [4.78, 5) is 0.0734. The number of hydrogen-bond donors (Lipinski definition) is 2. The highest BCUT2D eigenvalue weighted by Crippen LogP contribution is 2.23. The molecule has 0 unspecified atom stereocenters. The lowest BCUT2D eigenvalue weighted by molar-refractivity contribution is 0.537. The van der Waals surface area contributed by atoms with Gasteiger partial charge in [-0.05, 0) is 51.0 Å². The molecule has 0 spiro atoms. The zero-order valence-electron chi connectivity index (χ0n) is 12.9. The predicted molar refractivity (Wildman–Crippen MR) is 84.4 cm³/mol. The normalized spacial score (nSPS) is 13.4. The highest BCUT2D eigenvalue weighted by Gasteiger charge is 2.32. The van der Waals surface area contributed by atoms with Crippen LogP contribution in [-0.2, 0) is 19.9 Å². The number of nitrogens with two attached hydrogens (primary N) is 1. The van der Waals surface area contributed by atoms with Gasteiger partial charge in [0.1, 0.15) is 0 Å². The van der Waals surface area contributed by atoms with Gasteiger partial charge in [0, 0.05) is 18.5 Å². The molecule has 1 aromatic rings. The number of aryl methyl sites for hydroxylation is 1. The van der Waals surface area contributed by atoms with Gasteiger partial charge in [0.15, 0.2) is 9.84 Å². The van der Waals surface area contributed by atoms with Crippen molar-refractivity contribution in [1.29, 1.82) is 0 Å². The highest BCUT2D eigenvalue weighted by molar-refractivity contribution is 7.92. The molecule has 1 aromatic carbocycles. The van der Waals surface area contributed by atoms with E-state index in [2.05, 4.69) is 4.72 Å². The van der Waals surface area contributed by atoms with E-state index < -0.39 is 24.6 Å². The van der Waals surface area contributed by atoms with Crippen LogP contribution in [0.15, 0.2) is 17.0 Å². The average molecular weight is 334 g/mol. The van der Waals surface area contributed by atoms with Crippen molar-refractivity contribution in [2.75, 3.05) is 18.5 Å². The Morgan fingerprint density at radius 2 is 1.67 bits per heavy atom. The first-order chi connectivity index (χ1) is 9.28. The van der Waals surface area contributed by atoms with Crippen molar-refractivity contribution in [3.8, 4) is 0 Å². The Labute approximate surface area is 126 Å².